The van der Waals surface area contributed by atoms with Gasteiger partial charge in [0.05, 0.1) is 7.11 Å². The van der Waals surface area contributed by atoms with Crippen molar-refractivity contribution in [3.8, 4) is 17.2 Å². The highest BCUT2D eigenvalue weighted by Crippen LogP contribution is 2.33. The van der Waals surface area contributed by atoms with Gasteiger partial charge in [-0.1, -0.05) is 12.1 Å². The van der Waals surface area contributed by atoms with Crippen LogP contribution in [0.3, 0.4) is 0 Å². The van der Waals surface area contributed by atoms with Crippen LogP contribution in [0.4, 0.5) is 10.5 Å². The fourth-order valence-electron chi connectivity index (χ4n) is 4.10. The number of fused-ring (bicyclic) bond motifs is 1. The number of hydrogen-bond acceptors (Lipinski definition) is 5. The summed E-state index contributed by atoms with van der Waals surface area (Å²) in [4.78, 5) is 28.8. The van der Waals surface area contributed by atoms with Crippen LogP contribution in [0.2, 0.25) is 0 Å². The van der Waals surface area contributed by atoms with Crippen LogP contribution in [0, 0.1) is 0 Å². The van der Waals surface area contributed by atoms with E-state index in [1.54, 1.807) is 20.1 Å². The number of amides is 3. The number of piperidine rings is 1. The van der Waals surface area contributed by atoms with E-state index in [9.17, 15) is 9.59 Å². The average Bonchev–Trinajstić information content (AvgIpc) is 2.83. The van der Waals surface area contributed by atoms with E-state index in [1.807, 2.05) is 46.2 Å². The fraction of sp³-hybridized carbons (Fsp3) is 0.417. The maximum absolute atomic E-state index is 13.4. The Bertz CT molecular complexity index is 955. The van der Waals surface area contributed by atoms with Crippen molar-refractivity contribution in [2.45, 2.75) is 32.4 Å². The molecule has 0 spiro atoms. The van der Waals surface area contributed by atoms with Crippen LogP contribution < -0.4 is 19.5 Å². The first-order valence-electron chi connectivity index (χ1n) is 10.9. The van der Waals surface area contributed by atoms with Gasteiger partial charge in [0.25, 0.3) is 0 Å². The van der Waals surface area contributed by atoms with Crippen molar-refractivity contribution < 1.29 is 23.8 Å². The fourth-order valence-corrected chi connectivity index (χ4v) is 4.10. The van der Waals surface area contributed by atoms with E-state index in [0.717, 1.165) is 24.2 Å². The molecule has 2 aromatic rings. The Labute approximate surface area is 188 Å². The number of urea groups is 1. The molecule has 0 radical (unpaired) electrons. The predicted octanol–water partition coefficient (Wildman–Crippen LogP) is 3.51. The van der Waals surface area contributed by atoms with Crippen molar-refractivity contribution >= 4 is 17.6 Å². The standard InChI is InChI=1S/C24H29N3O5/c1-17(28)26-11-9-20(10-12-26)27(16-18-3-6-21(30-2)7-4-18)24(29)25-19-5-8-22-23(15-19)32-14-13-31-22/h3-8,15,20H,9-14,16H2,1-2H3,(H,25,29). The topological polar surface area (TPSA) is 80.3 Å². The Hall–Kier alpha value is -3.42. The van der Waals surface area contributed by atoms with E-state index in [1.165, 1.54) is 0 Å². The Morgan fingerprint density at radius 3 is 2.41 bits per heavy atom. The van der Waals surface area contributed by atoms with Gasteiger partial charge in [-0.05, 0) is 42.7 Å². The molecule has 1 N–H and O–H groups in total. The van der Waals surface area contributed by atoms with Gasteiger partial charge in [-0.3, -0.25) is 4.79 Å². The molecular weight excluding hydrogens is 410 g/mol. The monoisotopic (exact) mass is 439 g/mol. The Balaban J connectivity index is 1.50. The van der Waals surface area contributed by atoms with Crippen molar-refractivity contribution in [1.29, 1.82) is 0 Å². The third-order valence-electron chi connectivity index (χ3n) is 5.92. The van der Waals surface area contributed by atoms with Crippen molar-refractivity contribution in [3.05, 3.63) is 48.0 Å². The normalized spacial score (nSPS) is 15.8. The second-order valence-corrected chi connectivity index (χ2v) is 8.00. The first-order chi connectivity index (χ1) is 15.5. The van der Waals surface area contributed by atoms with E-state index in [0.29, 0.717) is 50.0 Å². The SMILES string of the molecule is COc1ccc(CN(C(=O)Nc2ccc3c(c2)OCCO3)C2CCN(C(C)=O)CC2)cc1. The van der Waals surface area contributed by atoms with Gasteiger partial charge < -0.3 is 29.3 Å². The Morgan fingerprint density at radius 2 is 1.75 bits per heavy atom. The number of methoxy groups -OCH3 is 1. The van der Waals surface area contributed by atoms with Crippen molar-refractivity contribution in [2.75, 3.05) is 38.7 Å². The van der Waals surface area contributed by atoms with Crippen LogP contribution in [-0.4, -0.2) is 61.2 Å². The zero-order valence-electron chi connectivity index (χ0n) is 18.5. The van der Waals surface area contributed by atoms with E-state index < -0.39 is 0 Å². The van der Waals surface area contributed by atoms with Gasteiger partial charge in [0.2, 0.25) is 5.91 Å². The lowest BCUT2D eigenvalue weighted by Crippen LogP contribution is -2.49. The van der Waals surface area contributed by atoms with Gasteiger partial charge in [0.1, 0.15) is 19.0 Å². The number of anilines is 1. The number of nitrogens with one attached hydrogen (secondary N) is 1. The van der Waals surface area contributed by atoms with E-state index in [4.69, 9.17) is 14.2 Å². The highest BCUT2D eigenvalue weighted by atomic mass is 16.6. The van der Waals surface area contributed by atoms with Crippen molar-refractivity contribution in [1.82, 2.24) is 9.80 Å². The highest BCUT2D eigenvalue weighted by molar-refractivity contribution is 5.90. The Morgan fingerprint density at radius 1 is 1.06 bits per heavy atom. The molecule has 2 aromatic carbocycles. The van der Waals surface area contributed by atoms with Crippen molar-refractivity contribution in [2.24, 2.45) is 0 Å². The summed E-state index contributed by atoms with van der Waals surface area (Å²) in [6.07, 6.45) is 1.48. The summed E-state index contributed by atoms with van der Waals surface area (Å²) in [6, 6.07) is 13.0. The molecule has 0 atom stereocenters. The molecule has 2 aliphatic rings. The van der Waals surface area contributed by atoms with E-state index in [2.05, 4.69) is 5.32 Å². The molecule has 0 aliphatic carbocycles. The van der Waals surface area contributed by atoms with E-state index in [-0.39, 0.29) is 18.0 Å². The molecule has 0 bridgehead atoms. The second kappa shape index (κ2) is 9.80. The number of benzene rings is 2. The van der Waals surface area contributed by atoms with Crippen LogP contribution >= 0.6 is 0 Å². The quantitative estimate of drug-likeness (QED) is 0.771. The minimum Gasteiger partial charge on any atom is -0.497 e. The number of nitrogens with zero attached hydrogens (tertiary/aromatic N) is 2. The largest absolute Gasteiger partial charge is 0.497 e. The summed E-state index contributed by atoms with van der Waals surface area (Å²) >= 11 is 0. The molecule has 1 fully saturated rings. The number of likely N-dealkylation sites (tertiary alicyclic amines) is 1. The lowest BCUT2D eigenvalue weighted by molar-refractivity contribution is -0.130. The first-order valence-corrected chi connectivity index (χ1v) is 10.9. The molecule has 170 valence electrons. The maximum Gasteiger partial charge on any atom is 0.322 e. The Kier molecular flexibility index (Phi) is 6.68. The summed E-state index contributed by atoms with van der Waals surface area (Å²) in [5.41, 5.74) is 1.66. The minimum atomic E-state index is -0.182. The lowest BCUT2D eigenvalue weighted by Gasteiger charge is -2.38. The predicted molar refractivity (Wildman–Crippen MR) is 120 cm³/mol. The summed E-state index contributed by atoms with van der Waals surface area (Å²) in [6.45, 7) is 4.36. The summed E-state index contributed by atoms with van der Waals surface area (Å²) in [5.74, 6) is 2.16. The second-order valence-electron chi connectivity index (χ2n) is 8.00. The molecular formula is C24H29N3O5. The number of rotatable bonds is 5. The van der Waals surface area contributed by atoms with Crippen LogP contribution in [0.1, 0.15) is 25.3 Å². The summed E-state index contributed by atoms with van der Waals surface area (Å²) in [5, 5.41) is 3.01. The molecule has 0 unspecified atom stereocenters. The third kappa shape index (κ3) is 5.07. The molecule has 2 aliphatic heterocycles. The van der Waals surface area contributed by atoms with Crippen LogP contribution in [0.5, 0.6) is 17.2 Å². The molecule has 8 heteroatoms. The third-order valence-corrected chi connectivity index (χ3v) is 5.92. The van der Waals surface area contributed by atoms with Gasteiger partial charge in [0.15, 0.2) is 11.5 Å². The van der Waals surface area contributed by atoms with Crippen LogP contribution in [0.15, 0.2) is 42.5 Å². The zero-order chi connectivity index (χ0) is 22.5. The molecule has 8 nitrogen and oxygen atoms in total. The van der Waals surface area contributed by atoms with Gasteiger partial charge >= 0.3 is 6.03 Å². The molecule has 1 saturated heterocycles. The van der Waals surface area contributed by atoms with E-state index >= 15 is 0 Å². The first kappa shape index (κ1) is 21.8. The molecule has 32 heavy (non-hydrogen) atoms. The smallest absolute Gasteiger partial charge is 0.322 e. The number of carbonyl (C=O) groups excluding carboxylic acids is 2. The van der Waals surface area contributed by atoms with Crippen LogP contribution in [0.25, 0.3) is 0 Å². The average molecular weight is 440 g/mol. The van der Waals surface area contributed by atoms with Gasteiger partial charge in [-0.2, -0.15) is 0 Å². The molecule has 4 rings (SSSR count). The molecule has 2 heterocycles. The van der Waals surface area contributed by atoms with Crippen molar-refractivity contribution in [3.63, 3.8) is 0 Å². The van der Waals surface area contributed by atoms with Gasteiger partial charge in [-0.15, -0.1) is 0 Å². The van der Waals surface area contributed by atoms with Gasteiger partial charge in [-0.25, -0.2) is 4.79 Å². The summed E-state index contributed by atoms with van der Waals surface area (Å²) < 4.78 is 16.4. The summed E-state index contributed by atoms with van der Waals surface area (Å²) in [7, 11) is 1.63. The number of ether oxygens (including phenoxy) is 3. The maximum atomic E-state index is 13.4. The zero-order valence-corrected chi connectivity index (χ0v) is 18.5. The number of hydrogen-bond donors (Lipinski definition) is 1. The minimum absolute atomic E-state index is 0.0323. The lowest BCUT2D eigenvalue weighted by atomic mass is 10.0. The number of carbonyl (C=O) groups is 2. The molecule has 3 amide bonds. The van der Waals surface area contributed by atoms with Gasteiger partial charge in [0, 0.05) is 44.4 Å². The van der Waals surface area contributed by atoms with Crippen LogP contribution in [-0.2, 0) is 11.3 Å². The highest BCUT2D eigenvalue weighted by Gasteiger charge is 2.29. The molecule has 0 aromatic heterocycles. The molecule has 0 saturated carbocycles.